The molecule has 128 valence electrons. The Bertz CT molecular complexity index is 450. The van der Waals surface area contributed by atoms with Crippen molar-refractivity contribution in [2.45, 2.75) is 58.7 Å². The lowest BCUT2D eigenvalue weighted by atomic mass is 10.1. The van der Waals surface area contributed by atoms with Gasteiger partial charge in [-0.05, 0) is 52.8 Å². The monoisotopic (exact) mass is 390 g/mol. The summed E-state index contributed by atoms with van der Waals surface area (Å²) in [5.74, 6) is 1.36. The molecule has 0 bridgehead atoms. The summed E-state index contributed by atoms with van der Waals surface area (Å²) in [4.78, 5) is 0. The summed E-state index contributed by atoms with van der Waals surface area (Å²) < 4.78 is 14.7. The topological polar surface area (TPSA) is 36.3 Å². The second-order valence-electron chi connectivity index (χ2n) is 7.59. The first-order valence-electron chi connectivity index (χ1n) is 7.99. The number of halogens is 1. The van der Waals surface area contributed by atoms with Crippen LogP contribution in [-0.4, -0.2) is 31.3 Å². The first kappa shape index (κ1) is 19.7. The van der Waals surface area contributed by atoms with E-state index in [1.54, 1.807) is 10.9 Å². The van der Waals surface area contributed by atoms with Gasteiger partial charge in [-0.25, -0.2) is 4.68 Å². The number of ether oxygens (including phenoxy) is 1. The maximum atomic E-state index is 6.27. The summed E-state index contributed by atoms with van der Waals surface area (Å²) in [5, 5.41) is 4.42. The standard InChI is InChI=1S/C16H31BrN2O2Si/c1-13(12-21-22(6,7)16(2,3)4)9-8-10-20-15-14(17)11-18-19(15)5/h11,13H,8-10,12H2,1-7H3. The molecule has 0 saturated carbocycles. The molecule has 0 saturated heterocycles. The summed E-state index contributed by atoms with van der Waals surface area (Å²) in [6, 6.07) is 0. The summed E-state index contributed by atoms with van der Waals surface area (Å²) in [6.07, 6.45) is 3.90. The predicted molar refractivity (Wildman–Crippen MR) is 98.0 cm³/mol. The number of aromatic nitrogens is 2. The van der Waals surface area contributed by atoms with E-state index < -0.39 is 8.32 Å². The Kier molecular flexibility index (Phi) is 7.14. The van der Waals surface area contributed by atoms with Gasteiger partial charge >= 0.3 is 0 Å². The van der Waals surface area contributed by atoms with Gasteiger partial charge in [0.1, 0.15) is 0 Å². The van der Waals surface area contributed by atoms with Crippen LogP contribution in [-0.2, 0) is 11.5 Å². The van der Waals surface area contributed by atoms with Gasteiger partial charge in [0.05, 0.1) is 17.3 Å². The SMILES string of the molecule is CC(CCCOc1c(Br)cnn1C)CO[Si](C)(C)C(C)(C)C. The van der Waals surface area contributed by atoms with Crippen LogP contribution in [0.25, 0.3) is 0 Å². The van der Waals surface area contributed by atoms with Gasteiger partial charge in [-0.2, -0.15) is 5.10 Å². The first-order chi connectivity index (χ1) is 10.0. The van der Waals surface area contributed by atoms with Crippen LogP contribution < -0.4 is 4.74 Å². The van der Waals surface area contributed by atoms with E-state index in [9.17, 15) is 0 Å². The van der Waals surface area contributed by atoms with Crippen LogP contribution in [0.15, 0.2) is 10.7 Å². The van der Waals surface area contributed by atoms with Crippen molar-refractivity contribution in [3.05, 3.63) is 10.7 Å². The van der Waals surface area contributed by atoms with E-state index >= 15 is 0 Å². The number of nitrogens with zero attached hydrogens (tertiary/aromatic N) is 2. The van der Waals surface area contributed by atoms with Crippen LogP contribution in [0, 0.1) is 5.92 Å². The molecule has 0 amide bonds. The molecule has 0 aliphatic rings. The highest BCUT2D eigenvalue weighted by atomic mass is 79.9. The highest BCUT2D eigenvalue weighted by Crippen LogP contribution is 2.36. The molecule has 0 N–H and O–H groups in total. The van der Waals surface area contributed by atoms with Gasteiger partial charge in [-0.15, -0.1) is 0 Å². The van der Waals surface area contributed by atoms with Crippen molar-refractivity contribution < 1.29 is 9.16 Å². The van der Waals surface area contributed by atoms with Gasteiger partial charge in [0.2, 0.25) is 5.88 Å². The minimum atomic E-state index is -1.62. The van der Waals surface area contributed by atoms with E-state index in [1.807, 2.05) is 7.05 Å². The van der Waals surface area contributed by atoms with E-state index in [0.29, 0.717) is 12.5 Å². The highest BCUT2D eigenvalue weighted by molar-refractivity contribution is 9.10. The second kappa shape index (κ2) is 7.97. The quantitative estimate of drug-likeness (QED) is 0.462. The molecule has 0 aliphatic carbocycles. The third kappa shape index (κ3) is 5.70. The molecule has 1 heterocycles. The zero-order valence-electron chi connectivity index (χ0n) is 15.1. The summed E-state index contributed by atoms with van der Waals surface area (Å²) in [6.45, 7) is 15.3. The number of hydrogen-bond donors (Lipinski definition) is 0. The van der Waals surface area contributed by atoms with Crippen molar-refractivity contribution in [2.75, 3.05) is 13.2 Å². The molecule has 1 unspecified atom stereocenters. The molecule has 1 atom stereocenters. The van der Waals surface area contributed by atoms with E-state index in [-0.39, 0.29) is 5.04 Å². The Morgan fingerprint density at radius 3 is 2.50 bits per heavy atom. The van der Waals surface area contributed by atoms with Crippen LogP contribution in [0.2, 0.25) is 18.1 Å². The smallest absolute Gasteiger partial charge is 0.226 e. The lowest BCUT2D eigenvalue weighted by Crippen LogP contribution is -2.41. The van der Waals surface area contributed by atoms with E-state index in [2.05, 4.69) is 61.8 Å². The van der Waals surface area contributed by atoms with E-state index in [1.165, 1.54) is 0 Å². The maximum absolute atomic E-state index is 6.27. The molecule has 4 nitrogen and oxygen atoms in total. The average molecular weight is 391 g/mol. The zero-order chi connectivity index (χ0) is 17.0. The second-order valence-corrected chi connectivity index (χ2v) is 13.3. The molecule has 0 fully saturated rings. The summed E-state index contributed by atoms with van der Waals surface area (Å²) in [7, 11) is 0.262. The molecule has 0 radical (unpaired) electrons. The fourth-order valence-corrected chi connectivity index (χ4v) is 3.41. The Morgan fingerprint density at radius 2 is 2.00 bits per heavy atom. The third-order valence-corrected chi connectivity index (χ3v) is 9.50. The van der Waals surface area contributed by atoms with Crippen molar-refractivity contribution >= 4 is 24.2 Å². The van der Waals surface area contributed by atoms with Crippen molar-refractivity contribution in [3.63, 3.8) is 0 Å². The predicted octanol–water partition coefficient (Wildman–Crippen LogP) is 5.00. The number of aryl methyl sites for hydroxylation is 1. The molecule has 22 heavy (non-hydrogen) atoms. The molecule has 0 aromatic carbocycles. The van der Waals surface area contributed by atoms with Crippen LogP contribution in [0.5, 0.6) is 5.88 Å². The molecule has 1 aromatic heterocycles. The van der Waals surface area contributed by atoms with Crippen LogP contribution >= 0.6 is 15.9 Å². The van der Waals surface area contributed by atoms with Crippen molar-refractivity contribution in [2.24, 2.45) is 13.0 Å². The minimum absolute atomic E-state index is 0.279. The van der Waals surface area contributed by atoms with Gasteiger partial charge in [-0.1, -0.05) is 27.7 Å². The lowest BCUT2D eigenvalue weighted by Gasteiger charge is -2.37. The lowest BCUT2D eigenvalue weighted by molar-refractivity contribution is 0.214. The fourth-order valence-electron chi connectivity index (χ4n) is 1.81. The fraction of sp³-hybridized carbons (Fsp3) is 0.812. The van der Waals surface area contributed by atoms with Crippen LogP contribution in [0.4, 0.5) is 0 Å². The molecule has 1 rings (SSSR count). The first-order valence-corrected chi connectivity index (χ1v) is 11.7. The molecule has 1 aromatic rings. The average Bonchev–Trinajstić information content (AvgIpc) is 2.71. The molecule has 0 spiro atoms. The maximum Gasteiger partial charge on any atom is 0.226 e. The van der Waals surface area contributed by atoms with Gasteiger partial charge in [0.25, 0.3) is 0 Å². The van der Waals surface area contributed by atoms with Gasteiger partial charge < -0.3 is 9.16 Å². The van der Waals surface area contributed by atoms with Crippen molar-refractivity contribution in [3.8, 4) is 5.88 Å². The normalized spacial score (nSPS) is 14.2. The van der Waals surface area contributed by atoms with Crippen molar-refractivity contribution in [1.82, 2.24) is 9.78 Å². The largest absolute Gasteiger partial charge is 0.477 e. The van der Waals surface area contributed by atoms with Crippen molar-refractivity contribution in [1.29, 1.82) is 0 Å². The van der Waals surface area contributed by atoms with Crippen LogP contribution in [0.3, 0.4) is 0 Å². The minimum Gasteiger partial charge on any atom is -0.477 e. The Hall–Kier alpha value is -0.333. The van der Waals surface area contributed by atoms with Crippen LogP contribution in [0.1, 0.15) is 40.5 Å². The Labute approximate surface area is 144 Å². The number of rotatable bonds is 8. The summed E-state index contributed by atoms with van der Waals surface area (Å²) >= 11 is 3.44. The summed E-state index contributed by atoms with van der Waals surface area (Å²) in [5.41, 5.74) is 0. The zero-order valence-corrected chi connectivity index (χ0v) is 17.7. The van der Waals surface area contributed by atoms with Gasteiger partial charge in [0.15, 0.2) is 8.32 Å². The molecular weight excluding hydrogens is 360 g/mol. The van der Waals surface area contributed by atoms with Gasteiger partial charge in [-0.3, -0.25) is 0 Å². The van der Waals surface area contributed by atoms with Gasteiger partial charge in [0, 0.05) is 13.7 Å². The molecular formula is C16H31BrN2O2Si. The third-order valence-electron chi connectivity index (χ3n) is 4.46. The molecule has 0 aliphatic heterocycles. The molecule has 6 heteroatoms. The van der Waals surface area contributed by atoms with E-state index in [0.717, 1.165) is 29.8 Å². The Morgan fingerprint density at radius 1 is 1.36 bits per heavy atom. The van der Waals surface area contributed by atoms with E-state index in [4.69, 9.17) is 9.16 Å². The highest BCUT2D eigenvalue weighted by Gasteiger charge is 2.37. The Balaban J connectivity index is 2.26. The number of hydrogen-bond acceptors (Lipinski definition) is 3.